The molecule has 4 nitrogen and oxygen atoms in total. The van der Waals surface area contributed by atoms with Gasteiger partial charge < -0.3 is 10.2 Å². The van der Waals surface area contributed by atoms with Gasteiger partial charge in [0.25, 0.3) is 0 Å². The van der Waals surface area contributed by atoms with E-state index < -0.39 is 0 Å². The molecule has 0 radical (unpaired) electrons. The van der Waals surface area contributed by atoms with Gasteiger partial charge in [-0.15, -0.1) is 0 Å². The third kappa shape index (κ3) is 3.89. The fourth-order valence-electron chi connectivity index (χ4n) is 3.16. The molecule has 1 atom stereocenters. The Morgan fingerprint density at radius 3 is 2.96 bits per heavy atom. The van der Waals surface area contributed by atoms with Gasteiger partial charge in [-0.25, -0.2) is 4.79 Å². The number of urea groups is 1. The molecule has 2 amide bonds. The van der Waals surface area contributed by atoms with E-state index in [2.05, 4.69) is 29.4 Å². The zero-order chi connectivity index (χ0) is 16.1. The van der Waals surface area contributed by atoms with Crippen LogP contribution in [0.2, 0.25) is 0 Å². The number of nitrogens with zero attached hydrogens (tertiary/aromatic N) is 2. The minimum Gasteiger partial charge on any atom is -0.334 e. The van der Waals surface area contributed by atoms with E-state index in [9.17, 15) is 4.79 Å². The van der Waals surface area contributed by atoms with Crippen molar-refractivity contribution >= 4 is 6.03 Å². The van der Waals surface area contributed by atoms with E-state index in [1.807, 2.05) is 35.2 Å². The number of amides is 2. The number of carbonyl (C=O) groups is 1. The predicted octanol–water partition coefficient (Wildman–Crippen LogP) is 3.83. The minimum atomic E-state index is 0.00172. The van der Waals surface area contributed by atoms with Gasteiger partial charge in [0.2, 0.25) is 0 Å². The number of likely N-dealkylation sites (tertiary alicyclic amines) is 1. The summed E-state index contributed by atoms with van der Waals surface area (Å²) in [6.07, 6.45) is 4.98. The summed E-state index contributed by atoms with van der Waals surface area (Å²) in [7, 11) is 0. The lowest BCUT2D eigenvalue weighted by Crippen LogP contribution is -2.44. The summed E-state index contributed by atoms with van der Waals surface area (Å²) in [5, 5.41) is 3.05. The van der Waals surface area contributed by atoms with Crippen LogP contribution < -0.4 is 5.32 Å². The van der Waals surface area contributed by atoms with Crippen molar-refractivity contribution in [2.24, 2.45) is 0 Å². The van der Waals surface area contributed by atoms with Crippen molar-refractivity contribution in [1.29, 1.82) is 0 Å². The lowest BCUT2D eigenvalue weighted by molar-refractivity contribution is 0.149. The molecular weight excluding hydrogens is 286 g/mol. The molecule has 0 unspecified atom stereocenters. The van der Waals surface area contributed by atoms with Gasteiger partial charge in [0, 0.05) is 19.3 Å². The fourth-order valence-corrected chi connectivity index (χ4v) is 3.16. The van der Waals surface area contributed by atoms with Crippen LogP contribution in [0.15, 0.2) is 48.7 Å². The maximum absolute atomic E-state index is 12.6. The normalized spacial score (nSPS) is 17.8. The number of rotatable bonds is 3. The molecule has 120 valence electrons. The van der Waals surface area contributed by atoms with Gasteiger partial charge in [-0.05, 0) is 43.9 Å². The van der Waals surface area contributed by atoms with Gasteiger partial charge in [0.15, 0.2) is 0 Å². The molecule has 1 saturated heterocycles. The van der Waals surface area contributed by atoms with Crippen LogP contribution >= 0.6 is 0 Å². The van der Waals surface area contributed by atoms with Gasteiger partial charge in [-0.2, -0.15) is 0 Å². The summed E-state index contributed by atoms with van der Waals surface area (Å²) < 4.78 is 0. The molecule has 1 aromatic heterocycles. The Balaban J connectivity index is 1.67. The van der Waals surface area contributed by atoms with Crippen molar-refractivity contribution in [3.63, 3.8) is 0 Å². The second-order valence-electron chi connectivity index (χ2n) is 6.11. The minimum absolute atomic E-state index is 0.00172. The molecule has 1 aliphatic heterocycles. The molecule has 1 aliphatic rings. The average molecular weight is 309 g/mol. The topological polar surface area (TPSA) is 45.2 Å². The van der Waals surface area contributed by atoms with Crippen molar-refractivity contribution in [3.8, 4) is 0 Å². The number of carbonyl (C=O) groups excluding carboxylic acids is 1. The number of nitrogens with one attached hydrogen (secondary N) is 1. The quantitative estimate of drug-likeness (QED) is 0.936. The third-order valence-corrected chi connectivity index (χ3v) is 4.32. The highest BCUT2D eigenvalue weighted by Gasteiger charge is 2.28. The van der Waals surface area contributed by atoms with Crippen LogP contribution in [-0.4, -0.2) is 22.5 Å². The first kappa shape index (κ1) is 15.5. The molecular formula is C19H23N3O. The second kappa shape index (κ2) is 7.27. The summed E-state index contributed by atoms with van der Waals surface area (Å²) in [6.45, 7) is 3.42. The number of hydrogen-bond acceptors (Lipinski definition) is 2. The van der Waals surface area contributed by atoms with E-state index in [1.165, 1.54) is 5.56 Å². The monoisotopic (exact) mass is 309 g/mol. The summed E-state index contributed by atoms with van der Waals surface area (Å²) in [5.74, 6) is 0. The zero-order valence-electron chi connectivity index (χ0n) is 13.5. The molecule has 0 aliphatic carbocycles. The van der Waals surface area contributed by atoms with Crippen LogP contribution in [0.1, 0.15) is 42.1 Å². The summed E-state index contributed by atoms with van der Waals surface area (Å²) in [6, 6.07) is 14.2. The van der Waals surface area contributed by atoms with Gasteiger partial charge in [-0.3, -0.25) is 4.98 Å². The Bertz CT molecular complexity index is 657. The number of pyridine rings is 1. The smallest absolute Gasteiger partial charge is 0.318 e. The Hall–Kier alpha value is -2.36. The standard InChI is InChI=1S/C19H23N3O/c1-15-7-6-8-16(13-15)14-21-19(23)22-12-5-3-10-18(22)17-9-2-4-11-20-17/h2,4,6-9,11,13,18H,3,5,10,12,14H2,1H3,(H,21,23)/t18-/m0/s1. The van der Waals surface area contributed by atoms with E-state index in [0.29, 0.717) is 6.54 Å². The van der Waals surface area contributed by atoms with Crippen LogP contribution in [0.3, 0.4) is 0 Å². The van der Waals surface area contributed by atoms with Gasteiger partial charge in [0.1, 0.15) is 0 Å². The Morgan fingerprint density at radius 1 is 1.26 bits per heavy atom. The number of aryl methyl sites for hydroxylation is 1. The van der Waals surface area contributed by atoms with Crippen molar-refractivity contribution < 1.29 is 4.79 Å². The van der Waals surface area contributed by atoms with Crippen molar-refractivity contribution in [3.05, 3.63) is 65.5 Å². The molecule has 0 saturated carbocycles. The Labute approximate surface area is 137 Å². The van der Waals surface area contributed by atoms with E-state index in [-0.39, 0.29) is 12.1 Å². The first-order valence-electron chi connectivity index (χ1n) is 8.25. The second-order valence-corrected chi connectivity index (χ2v) is 6.11. The molecule has 2 aromatic rings. The summed E-state index contributed by atoms with van der Waals surface area (Å²) in [4.78, 5) is 19.0. The molecule has 2 heterocycles. The van der Waals surface area contributed by atoms with Gasteiger partial charge >= 0.3 is 6.03 Å². The van der Waals surface area contributed by atoms with E-state index >= 15 is 0 Å². The number of aromatic nitrogens is 1. The summed E-state index contributed by atoms with van der Waals surface area (Å²) >= 11 is 0. The largest absolute Gasteiger partial charge is 0.334 e. The highest BCUT2D eigenvalue weighted by atomic mass is 16.2. The van der Waals surface area contributed by atoms with Crippen LogP contribution in [0, 0.1) is 6.92 Å². The Kier molecular flexibility index (Phi) is 4.91. The molecule has 3 rings (SSSR count). The van der Waals surface area contributed by atoms with Crippen molar-refractivity contribution in [1.82, 2.24) is 15.2 Å². The average Bonchev–Trinajstić information content (AvgIpc) is 2.60. The number of hydrogen-bond donors (Lipinski definition) is 1. The highest BCUT2D eigenvalue weighted by molar-refractivity contribution is 5.74. The number of benzene rings is 1. The van der Waals surface area contributed by atoms with E-state index in [1.54, 1.807) is 6.20 Å². The van der Waals surface area contributed by atoms with Crippen LogP contribution in [0.4, 0.5) is 4.79 Å². The predicted molar refractivity (Wildman–Crippen MR) is 90.9 cm³/mol. The molecule has 0 spiro atoms. The van der Waals surface area contributed by atoms with Crippen molar-refractivity contribution in [2.45, 2.75) is 38.8 Å². The fraction of sp³-hybridized carbons (Fsp3) is 0.368. The maximum atomic E-state index is 12.6. The first-order valence-corrected chi connectivity index (χ1v) is 8.25. The first-order chi connectivity index (χ1) is 11.2. The molecule has 1 fully saturated rings. The van der Waals surface area contributed by atoms with Gasteiger partial charge in [-0.1, -0.05) is 35.9 Å². The zero-order valence-corrected chi connectivity index (χ0v) is 13.5. The molecule has 0 bridgehead atoms. The molecule has 4 heteroatoms. The van der Waals surface area contributed by atoms with Crippen LogP contribution in [-0.2, 0) is 6.54 Å². The lowest BCUT2D eigenvalue weighted by atomic mass is 9.99. The lowest BCUT2D eigenvalue weighted by Gasteiger charge is -2.35. The third-order valence-electron chi connectivity index (χ3n) is 4.32. The SMILES string of the molecule is Cc1cccc(CNC(=O)N2CCCC[C@H]2c2ccccn2)c1. The number of piperidine rings is 1. The maximum Gasteiger partial charge on any atom is 0.318 e. The van der Waals surface area contributed by atoms with E-state index in [0.717, 1.165) is 37.1 Å². The Morgan fingerprint density at radius 2 is 2.17 bits per heavy atom. The molecule has 1 aromatic carbocycles. The van der Waals surface area contributed by atoms with Crippen LogP contribution in [0.5, 0.6) is 0 Å². The summed E-state index contributed by atoms with van der Waals surface area (Å²) in [5.41, 5.74) is 3.32. The van der Waals surface area contributed by atoms with E-state index in [4.69, 9.17) is 0 Å². The highest BCUT2D eigenvalue weighted by Crippen LogP contribution is 2.29. The molecule has 23 heavy (non-hydrogen) atoms. The molecule has 1 N–H and O–H groups in total. The van der Waals surface area contributed by atoms with Gasteiger partial charge in [0.05, 0.1) is 11.7 Å². The van der Waals surface area contributed by atoms with Crippen molar-refractivity contribution in [2.75, 3.05) is 6.54 Å². The van der Waals surface area contributed by atoms with Crippen LogP contribution in [0.25, 0.3) is 0 Å².